The topological polar surface area (TPSA) is 33.7 Å². The first-order valence-corrected chi connectivity index (χ1v) is 8.46. The SMILES string of the molecule is CCCOc1c(Cl)cc(CNCCN(CC)CC)cc1OC. The van der Waals surface area contributed by atoms with Crippen LogP contribution in [0.5, 0.6) is 11.5 Å². The molecule has 0 saturated heterocycles. The van der Waals surface area contributed by atoms with Gasteiger partial charge in [-0.25, -0.2) is 0 Å². The highest BCUT2D eigenvalue weighted by Crippen LogP contribution is 2.36. The van der Waals surface area contributed by atoms with Crippen molar-refractivity contribution in [1.29, 1.82) is 0 Å². The van der Waals surface area contributed by atoms with E-state index in [4.69, 9.17) is 21.1 Å². The third-order valence-electron chi connectivity index (χ3n) is 3.57. The van der Waals surface area contributed by atoms with E-state index in [1.54, 1.807) is 7.11 Å². The van der Waals surface area contributed by atoms with Crippen molar-refractivity contribution >= 4 is 11.6 Å². The first-order valence-electron chi connectivity index (χ1n) is 8.08. The van der Waals surface area contributed by atoms with E-state index in [2.05, 4.69) is 31.0 Å². The Hall–Kier alpha value is -0.970. The third-order valence-corrected chi connectivity index (χ3v) is 3.85. The molecule has 0 fully saturated rings. The maximum absolute atomic E-state index is 6.32. The number of rotatable bonds is 11. The summed E-state index contributed by atoms with van der Waals surface area (Å²) in [5.74, 6) is 1.33. The van der Waals surface area contributed by atoms with E-state index in [9.17, 15) is 0 Å². The monoisotopic (exact) mass is 328 g/mol. The zero-order chi connectivity index (χ0) is 16.4. The van der Waals surface area contributed by atoms with Crippen LogP contribution in [0.2, 0.25) is 5.02 Å². The summed E-state index contributed by atoms with van der Waals surface area (Å²) in [5, 5.41) is 4.05. The highest BCUT2D eigenvalue weighted by Gasteiger charge is 2.11. The van der Waals surface area contributed by atoms with Crippen molar-refractivity contribution in [3.8, 4) is 11.5 Å². The molecule has 0 unspecified atom stereocenters. The zero-order valence-corrected chi connectivity index (χ0v) is 15.0. The van der Waals surface area contributed by atoms with Gasteiger partial charge in [-0.05, 0) is 37.2 Å². The summed E-state index contributed by atoms with van der Waals surface area (Å²) in [6.07, 6.45) is 0.939. The smallest absolute Gasteiger partial charge is 0.179 e. The van der Waals surface area contributed by atoms with Gasteiger partial charge in [0.05, 0.1) is 18.7 Å². The number of methoxy groups -OCH3 is 1. The Labute approximate surface area is 139 Å². The average molecular weight is 329 g/mol. The van der Waals surface area contributed by atoms with Crippen LogP contribution in [0.15, 0.2) is 12.1 Å². The van der Waals surface area contributed by atoms with Crippen LogP contribution in [0, 0.1) is 0 Å². The summed E-state index contributed by atoms with van der Waals surface area (Å²) in [4.78, 5) is 2.39. The van der Waals surface area contributed by atoms with Crippen LogP contribution >= 0.6 is 11.6 Å². The fourth-order valence-corrected chi connectivity index (χ4v) is 2.52. The van der Waals surface area contributed by atoms with E-state index < -0.39 is 0 Å². The van der Waals surface area contributed by atoms with E-state index >= 15 is 0 Å². The molecule has 22 heavy (non-hydrogen) atoms. The molecule has 0 aromatic heterocycles. The molecule has 1 aromatic rings. The number of halogens is 1. The number of ether oxygens (including phenoxy) is 2. The van der Waals surface area contributed by atoms with Crippen LogP contribution in [0.4, 0.5) is 0 Å². The van der Waals surface area contributed by atoms with E-state index in [1.165, 1.54) is 0 Å². The standard InChI is InChI=1S/C17H29ClN2O2/c1-5-10-22-17-15(18)11-14(12-16(17)21-4)13-19-8-9-20(6-2)7-3/h11-12,19H,5-10,13H2,1-4H3. The Balaban J connectivity index is 2.59. The van der Waals surface area contributed by atoms with Gasteiger partial charge in [0.25, 0.3) is 0 Å². The predicted octanol–water partition coefficient (Wildman–Crippen LogP) is 3.57. The summed E-state index contributed by atoms with van der Waals surface area (Å²) < 4.78 is 11.1. The summed E-state index contributed by atoms with van der Waals surface area (Å²) in [7, 11) is 1.64. The Morgan fingerprint density at radius 2 is 1.91 bits per heavy atom. The quantitative estimate of drug-likeness (QED) is 0.630. The molecule has 0 aliphatic rings. The summed E-state index contributed by atoms with van der Waals surface area (Å²) >= 11 is 6.32. The molecule has 0 aliphatic carbocycles. The highest BCUT2D eigenvalue weighted by molar-refractivity contribution is 6.32. The first-order chi connectivity index (χ1) is 10.7. The fraction of sp³-hybridized carbons (Fsp3) is 0.647. The number of likely N-dealkylation sites (N-methyl/N-ethyl adjacent to an activating group) is 1. The van der Waals surface area contributed by atoms with Gasteiger partial charge in [0.2, 0.25) is 0 Å². The number of hydrogen-bond acceptors (Lipinski definition) is 4. The Morgan fingerprint density at radius 3 is 2.50 bits per heavy atom. The average Bonchev–Trinajstić information content (AvgIpc) is 2.53. The van der Waals surface area contributed by atoms with E-state index in [0.717, 1.165) is 44.7 Å². The maximum atomic E-state index is 6.32. The van der Waals surface area contributed by atoms with E-state index in [0.29, 0.717) is 23.1 Å². The lowest BCUT2D eigenvalue weighted by Gasteiger charge is -2.18. The highest BCUT2D eigenvalue weighted by atomic mass is 35.5. The van der Waals surface area contributed by atoms with Crippen LogP contribution in [0.1, 0.15) is 32.8 Å². The minimum Gasteiger partial charge on any atom is -0.493 e. The second-order valence-electron chi connectivity index (χ2n) is 5.16. The summed E-state index contributed by atoms with van der Waals surface area (Å²) in [6.45, 7) is 12.0. The van der Waals surface area contributed by atoms with E-state index in [-0.39, 0.29) is 0 Å². The van der Waals surface area contributed by atoms with Crippen molar-refractivity contribution in [2.45, 2.75) is 33.7 Å². The molecule has 126 valence electrons. The molecule has 0 radical (unpaired) electrons. The number of benzene rings is 1. The lowest BCUT2D eigenvalue weighted by molar-refractivity contribution is 0.294. The lowest BCUT2D eigenvalue weighted by Crippen LogP contribution is -2.31. The zero-order valence-electron chi connectivity index (χ0n) is 14.2. The lowest BCUT2D eigenvalue weighted by atomic mass is 10.2. The third kappa shape index (κ3) is 6.03. The van der Waals surface area contributed by atoms with Gasteiger partial charge >= 0.3 is 0 Å². The molecule has 0 amide bonds. The Kier molecular flexibility index (Phi) is 9.28. The fourth-order valence-electron chi connectivity index (χ4n) is 2.23. The van der Waals surface area contributed by atoms with Crippen LogP contribution in [0.25, 0.3) is 0 Å². The molecule has 0 spiro atoms. The number of nitrogens with zero attached hydrogens (tertiary/aromatic N) is 1. The Morgan fingerprint density at radius 1 is 1.18 bits per heavy atom. The molecule has 1 rings (SSSR count). The molecule has 1 N–H and O–H groups in total. The van der Waals surface area contributed by atoms with Crippen molar-refractivity contribution in [3.63, 3.8) is 0 Å². The van der Waals surface area contributed by atoms with Gasteiger partial charge in [0.1, 0.15) is 0 Å². The molecule has 0 bridgehead atoms. The van der Waals surface area contributed by atoms with Crippen LogP contribution < -0.4 is 14.8 Å². The van der Waals surface area contributed by atoms with Gasteiger partial charge in [-0.1, -0.05) is 32.4 Å². The minimum absolute atomic E-state index is 0.605. The molecule has 0 saturated carbocycles. The van der Waals surface area contributed by atoms with Crippen molar-refractivity contribution in [2.75, 3.05) is 39.9 Å². The first kappa shape index (κ1) is 19.1. The van der Waals surface area contributed by atoms with Crippen LogP contribution in [-0.4, -0.2) is 44.8 Å². The van der Waals surface area contributed by atoms with Gasteiger partial charge in [-0.2, -0.15) is 0 Å². The Bertz CT molecular complexity index is 437. The molecule has 0 heterocycles. The minimum atomic E-state index is 0.605. The van der Waals surface area contributed by atoms with Crippen molar-refractivity contribution < 1.29 is 9.47 Å². The molecule has 0 atom stereocenters. The molecule has 1 aromatic carbocycles. The molecule has 5 heteroatoms. The van der Waals surface area contributed by atoms with E-state index in [1.807, 2.05) is 12.1 Å². The molecular weight excluding hydrogens is 300 g/mol. The van der Waals surface area contributed by atoms with Crippen LogP contribution in [-0.2, 0) is 6.54 Å². The predicted molar refractivity (Wildman–Crippen MR) is 93.3 cm³/mol. The van der Waals surface area contributed by atoms with Gasteiger partial charge < -0.3 is 19.7 Å². The van der Waals surface area contributed by atoms with Gasteiger partial charge in [0, 0.05) is 19.6 Å². The van der Waals surface area contributed by atoms with Crippen molar-refractivity contribution in [1.82, 2.24) is 10.2 Å². The summed E-state index contributed by atoms with van der Waals surface area (Å²) in [6, 6.07) is 3.93. The normalized spacial score (nSPS) is 11.0. The number of hydrogen-bond donors (Lipinski definition) is 1. The maximum Gasteiger partial charge on any atom is 0.179 e. The van der Waals surface area contributed by atoms with Gasteiger partial charge in [-0.15, -0.1) is 0 Å². The molecule has 4 nitrogen and oxygen atoms in total. The second-order valence-corrected chi connectivity index (χ2v) is 5.57. The van der Waals surface area contributed by atoms with Crippen molar-refractivity contribution in [2.24, 2.45) is 0 Å². The second kappa shape index (κ2) is 10.7. The molecule has 0 aliphatic heterocycles. The summed E-state index contributed by atoms with van der Waals surface area (Å²) in [5.41, 5.74) is 1.10. The molecular formula is C17H29ClN2O2. The van der Waals surface area contributed by atoms with Crippen molar-refractivity contribution in [3.05, 3.63) is 22.7 Å². The van der Waals surface area contributed by atoms with Crippen LogP contribution in [0.3, 0.4) is 0 Å². The largest absolute Gasteiger partial charge is 0.493 e. The van der Waals surface area contributed by atoms with Gasteiger partial charge in [0.15, 0.2) is 11.5 Å². The van der Waals surface area contributed by atoms with Gasteiger partial charge in [-0.3, -0.25) is 0 Å². The number of nitrogens with one attached hydrogen (secondary N) is 1.